The summed E-state index contributed by atoms with van der Waals surface area (Å²) < 4.78 is 6.24. The third kappa shape index (κ3) is 4.39. The highest BCUT2D eigenvalue weighted by molar-refractivity contribution is 9.10. The Labute approximate surface area is 131 Å². The predicted molar refractivity (Wildman–Crippen MR) is 84.6 cm³/mol. The van der Waals surface area contributed by atoms with E-state index in [2.05, 4.69) is 31.4 Å². The second-order valence-electron chi connectivity index (χ2n) is 4.05. The van der Waals surface area contributed by atoms with Crippen molar-refractivity contribution >= 4 is 28.1 Å². The van der Waals surface area contributed by atoms with Gasteiger partial charge in [-0.05, 0) is 42.8 Å². The standard InChI is InChI=1S/C15H14BrN3O2/c1-2-21-14-4-3-12(16)9-13(14)15(20)19-18-10-11-5-7-17-8-6-11/h3-10H,2H2,1H3,(H,19,20)/b18-10+. The smallest absolute Gasteiger partial charge is 0.275 e. The summed E-state index contributed by atoms with van der Waals surface area (Å²) in [5.41, 5.74) is 3.76. The van der Waals surface area contributed by atoms with Gasteiger partial charge in [0.05, 0.1) is 18.4 Å². The van der Waals surface area contributed by atoms with E-state index in [4.69, 9.17) is 4.74 Å². The quantitative estimate of drug-likeness (QED) is 0.667. The topological polar surface area (TPSA) is 63.6 Å². The zero-order valence-corrected chi connectivity index (χ0v) is 13.0. The number of pyridine rings is 1. The van der Waals surface area contributed by atoms with E-state index in [0.717, 1.165) is 10.0 Å². The summed E-state index contributed by atoms with van der Waals surface area (Å²) in [7, 11) is 0. The van der Waals surface area contributed by atoms with E-state index in [1.54, 1.807) is 42.9 Å². The van der Waals surface area contributed by atoms with Crippen LogP contribution >= 0.6 is 15.9 Å². The van der Waals surface area contributed by atoms with Gasteiger partial charge in [-0.1, -0.05) is 15.9 Å². The summed E-state index contributed by atoms with van der Waals surface area (Å²) in [4.78, 5) is 16.1. The van der Waals surface area contributed by atoms with Crippen molar-refractivity contribution in [2.75, 3.05) is 6.61 Å². The van der Waals surface area contributed by atoms with E-state index in [9.17, 15) is 4.79 Å². The second kappa shape index (κ2) is 7.54. The van der Waals surface area contributed by atoms with Gasteiger partial charge < -0.3 is 4.74 Å². The molecule has 1 amide bonds. The largest absolute Gasteiger partial charge is 0.493 e. The molecular weight excluding hydrogens is 334 g/mol. The Kier molecular flexibility index (Phi) is 5.45. The van der Waals surface area contributed by atoms with Crippen molar-refractivity contribution in [2.45, 2.75) is 6.92 Å². The second-order valence-corrected chi connectivity index (χ2v) is 4.97. The summed E-state index contributed by atoms with van der Waals surface area (Å²) in [5.74, 6) is 0.197. The molecule has 0 radical (unpaired) electrons. The summed E-state index contributed by atoms with van der Waals surface area (Å²) in [6.45, 7) is 2.35. The molecule has 2 rings (SSSR count). The molecule has 1 heterocycles. The van der Waals surface area contributed by atoms with Crippen molar-refractivity contribution in [3.05, 3.63) is 58.3 Å². The van der Waals surface area contributed by atoms with Gasteiger partial charge in [0.1, 0.15) is 5.75 Å². The van der Waals surface area contributed by atoms with Crippen molar-refractivity contribution in [1.82, 2.24) is 10.4 Å². The summed E-state index contributed by atoms with van der Waals surface area (Å²) in [6, 6.07) is 8.85. The lowest BCUT2D eigenvalue weighted by Crippen LogP contribution is -2.18. The molecule has 0 aliphatic carbocycles. The Morgan fingerprint density at radius 1 is 1.38 bits per heavy atom. The zero-order chi connectivity index (χ0) is 15.1. The molecule has 1 N–H and O–H groups in total. The van der Waals surface area contributed by atoms with Crippen molar-refractivity contribution in [2.24, 2.45) is 5.10 Å². The van der Waals surface area contributed by atoms with Crippen molar-refractivity contribution < 1.29 is 9.53 Å². The maximum Gasteiger partial charge on any atom is 0.275 e. The van der Waals surface area contributed by atoms with E-state index < -0.39 is 0 Å². The zero-order valence-electron chi connectivity index (χ0n) is 11.4. The molecule has 1 aromatic heterocycles. The maximum absolute atomic E-state index is 12.1. The van der Waals surface area contributed by atoms with Gasteiger partial charge in [0.2, 0.25) is 0 Å². The molecule has 5 nitrogen and oxygen atoms in total. The van der Waals surface area contributed by atoms with E-state index in [1.165, 1.54) is 0 Å². The molecule has 21 heavy (non-hydrogen) atoms. The van der Waals surface area contributed by atoms with Crippen LogP contribution in [0.3, 0.4) is 0 Å². The Balaban J connectivity index is 2.09. The molecule has 2 aromatic rings. The molecule has 0 saturated carbocycles. The number of hydrazone groups is 1. The first-order valence-electron chi connectivity index (χ1n) is 6.36. The molecule has 0 spiro atoms. The minimum atomic E-state index is -0.329. The SMILES string of the molecule is CCOc1ccc(Br)cc1C(=O)N/N=C/c1ccncc1. The summed E-state index contributed by atoms with van der Waals surface area (Å²) in [6.07, 6.45) is 4.87. The molecule has 0 unspecified atom stereocenters. The highest BCUT2D eigenvalue weighted by Crippen LogP contribution is 2.23. The van der Waals surface area contributed by atoms with Crippen LogP contribution in [0.1, 0.15) is 22.8 Å². The first-order chi connectivity index (χ1) is 10.2. The molecule has 0 aliphatic heterocycles. The van der Waals surface area contributed by atoms with E-state index >= 15 is 0 Å². The van der Waals surface area contributed by atoms with Gasteiger partial charge in [0, 0.05) is 16.9 Å². The Hall–Kier alpha value is -2.21. The maximum atomic E-state index is 12.1. The van der Waals surface area contributed by atoms with Crippen molar-refractivity contribution in [3.8, 4) is 5.75 Å². The lowest BCUT2D eigenvalue weighted by atomic mass is 10.2. The molecule has 1 aromatic carbocycles. The Morgan fingerprint density at radius 2 is 2.14 bits per heavy atom. The van der Waals surface area contributed by atoms with Gasteiger partial charge in [-0.15, -0.1) is 0 Å². The highest BCUT2D eigenvalue weighted by Gasteiger charge is 2.12. The number of carbonyl (C=O) groups is 1. The lowest BCUT2D eigenvalue weighted by molar-refractivity contribution is 0.0951. The highest BCUT2D eigenvalue weighted by atomic mass is 79.9. The normalized spacial score (nSPS) is 10.6. The number of halogens is 1. The van der Waals surface area contributed by atoms with Crippen LogP contribution in [0.15, 0.2) is 52.3 Å². The molecule has 0 atom stereocenters. The van der Waals surface area contributed by atoms with Gasteiger partial charge in [-0.25, -0.2) is 5.43 Å². The lowest BCUT2D eigenvalue weighted by Gasteiger charge is -2.09. The van der Waals surface area contributed by atoms with Crippen LogP contribution in [-0.4, -0.2) is 23.7 Å². The Bertz CT molecular complexity index is 645. The van der Waals surface area contributed by atoms with E-state index in [0.29, 0.717) is 17.9 Å². The molecule has 6 heteroatoms. The van der Waals surface area contributed by atoms with Crippen LogP contribution in [0, 0.1) is 0 Å². The fourth-order valence-corrected chi connectivity index (χ4v) is 2.00. The average molecular weight is 348 g/mol. The van der Waals surface area contributed by atoms with Crippen LogP contribution in [0.4, 0.5) is 0 Å². The van der Waals surface area contributed by atoms with Gasteiger partial charge in [0.25, 0.3) is 5.91 Å². The van der Waals surface area contributed by atoms with Crippen LogP contribution in [0.2, 0.25) is 0 Å². The number of nitrogens with one attached hydrogen (secondary N) is 1. The number of rotatable bonds is 5. The number of amides is 1. The summed E-state index contributed by atoms with van der Waals surface area (Å²) in [5, 5.41) is 3.93. The monoisotopic (exact) mass is 347 g/mol. The molecule has 108 valence electrons. The number of ether oxygens (including phenoxy) is 1. The first-order valence-corrected chi connectivity index (χ1v) is 7.15. The molecule has 0 saturated heterocycles. The number of hydrogen-bond acceptors (Lipinski definition) is 4. The number of nitrogens with zero attached hydrogens (tertiary/aromatic N) is 2. The first kappa shape index (κ1) is 15.2. The Morgan fingerprint density at radius 3 is 2.86 bits per heavy atom. The van der Waals surface area contributed by atoms with Crippen LogP contribution in [0.25, 0.3) is 0 Å². The van der Waals surface area contributed by atoms with Gasteiger partial charge >= 0.3 is 0 Å². The fraction of sp³-hybridized carbons (Fsp3) is 0.133. The van der Waals surface area contributed by atoms with Crippen LogP contribution in [-0.2, 0) is 0 Å². The molecule has 0 bridgehead atoms. The third-order valence-corrected chi connectivity index (χ3v) is 3.07. The average Bonchev–Trinajstić information content (AvgIpc) is 2.50. The number of carbonyl (C=O) groups excluding carboxylic acids is 1. The predicted octanol–water partition coefficient (Wildman–Crippen LogP) is 3.01. The van der Waals surface area contributed by atoms with Crippen LogP contribution < -0.4 is 10.2 Å². The molecular formula is C15H14BrN3O2. The van der Waals surface area contributed by atoms with Gasteiger partial charge in [-0.2, -0.15) is 5.10 Å². The fourth-order valence-electron chi connectivity index (χ4n) is 1.64. The summed E-state index contributed by atoms with van der Waals surface area (Å²) >= 11 is 3.34. The molecule has 0 aliphatic rings. The van der Waals surface area contributed by atoms with E-state index in [1.807, 2.05) is 13.0 Å². The van der Waals surface area contributed by atoms with E-state index in [-0.39, 0.29) is 5.91 Å². The molecule has 0 fully saturated rings. The van der Waals surface area contributed by atoms with Gasteiger partial charge in [0.15, 0.2) is 0 Å². The van der Waals surface area contributed by atoms with Crippen molar-refractivity contribution in [3.63, 3.8) is 0 Å². The third-order valence-electron chi connectivity index (χ3n) is 2.57. The van der Waals surface area contributed by atoms with Crippen LogP contribution in [0.5, 0.6) is 5.75 Å². The number of aromatic nitrogens is 1. The minimum Gasteiger partial charge on any atom is -0.493 e. The van der Waals surface area contributed by atoms with Crippen molar-refractivity contribution in [1.29, 1.82) is 0 Å². The number of hydrogen-bond donors (Lipinski definition) is 1. The minimum absolute atomic E-state index is 0.329. The number of benzene rings is 1. The van der Waals surface area contributed by atoms with Gasteiger partial charge in [-0.3, -0.25) is 9.78 Å².